The maximum absolute atomic E-state index is 6.17. The Bertz CT molecular complexity index is 587. The van der Waals surface area contributed by atoms with Gasteiger partial charge in [-0.2, -0.15) is 0 Å². The van der Waals surface area contributed by atoms with E-state index in [9.17, 15) is 0 Å². The van der Waals surface area contributed by atoms with E-state index in [2.05, 4.69) is 47.8 Å². The Labute approximate surface area is 142 Å². The molecule has 2 aromatic rings. The summed E-state index contributed by atoms with van der Waals surface area (Å²) in [5.41, 5.74) is 2.07. The largest absolute Gasteiger partial charge is 0.489 e. The highest BCUT2D eigenvalue weighted by atomic mass is 79.9. The molecule has 1 nitrogen and oxygen atoms in total. The van der Waals surface area contributed by atoms with Gasteiger partial charge in [0, 0.05) is 30.4 Å². The van der Waals surface area contributed by atoms with Crippen LogP contribution in [0.2, 0.25) is 5.02 Å². The molecule has 0 fully saturated rings. The smallest absolute Gasteiger partial charge is 0.123 e. The van der Waals surface area contributed by atoms with Gasteiger partial charge in [0.05, 0.1) is 0 Å². The van der Waals surface area contributed by atoms with E-state index < -0.39 is 0 Å². The quantitative estimate of drug-likeness (QED) is 0.475. The Morgan fingerprint density at radius 1 is 0.947 bits per heavy atom. The van der Waals surface area contributed by atoms with Crippen molar-refractivity contribution in [2.45, 2.75) is 11.9 Å². The van der Waals surface area contributed by atoms with Crippen molar-refractivity contribution in [3.8, 4) is 5.75 Å². The third kappa shape index (κ3) is 4.22. The van der Waals surface area contributed by atoms with Gasteiger partial charge in [0.25, 0.3) is 0 Å². The van der Waals surface area contributed by atoms with Crippen LogP contribution in [-0.2, 0) is 11.9 Å². The minimum atomic E-state index is 0.452. The highest BCUT2D eigenvalue weighted by Crippen LogP contribution is 2.27. The zero-order chi connectivity index (χ0) is 13.8. The van der Waals surface area contributed by atoms with Crippen molar-refractivity contribution in [1.29, 1.82) is 0 Å². The number of benzene rings is 2. The molecule has 0 unspecified atom stereocenters. The van der Waals surface area contributed by atoms with E-state index in [1.807, 2.05) is 36.4 Å². The van der Waals surface area contributed by atoms with E-state index in [0.29, 0.717) is 11.6 Å². The first-order chi connectivity index (χ1) is 9.10. The van der Waals surface area contributed by atoms with Crippen LogP contribution in [0.3, 0.4) is 0 Å². The molecule has 0 bridgehead atoms. The molecule has 0 radical (unpaired) electrons. The van der Waals surface area contributed by atoms with Crippen molar-refractivity contribution in [3.05, 3.63) is 61.5 Å². The molecule has 0 atom stereocenters. The van der Waals surface area contributed by atoms with E-state index in [0.717, 1.165) is 31.2 Å². The van der Waals surface area contributed by atoms with Crippen LogP contribution in [0.1, 0.15) is 11.1 Å². The molecule has 0 amide bonds. The van der Waals surface area contributed by atoms with Crippen molar-refractivity contribution >= 4 is 59.4 Å². The third-order valence-corrected chi connectivity index (χ3v) is 4.51. The fourth-order valence-electron chi connectivity index (χ4n) is 1.59. The van der Waals surface area contributed by atoms with Gasteiger partial charge in [0.1, 0.15) is 12.4 Å². The standard InChI is InChI=1S/C14H10Br3ClO/c15-7-10-5-11(16)3-4-14(10)19-8-9-1-2-12(17)6-13(9)18/h1-6H,7-8H2. The lowest BCUT2D eigenvalue weighted by molar-refractivity contribution is 0.304. The topological polar surface area (TPSA) is 9.23 Å². The minimum absolute atomic E-state index is 0.452. The summed E-state index contributed by atoms with van der Waals surface area (Å²) in [6, 6.07) is 11.7. The summed E-state index contributed by atoms with van der Waals surface area (Å²) in [6.45, 7) is 0.452. The fourth-order valence-corrected chi connectivity index (χ4v) is 3.16. The van der Waals surface area contributed by atoms with Crippen molar-refractivity contribution in [3.63, 3.8) is 0 Å². The van der Waals surface area contributed by atoms with Gasteiger partial charge in [0.2, 0.25) is 0 Å². The normalized spacial score (nSPS) is 10.5. The SMILES string of the molecule is Clc1cc(Br)ccc1COc1ccc(Br)cc1CBr. The second-order valence-electron chi connectivity index (χ2n) is 3.91. The molecule has 100 valence electrons. The van der Waals surface area contributed by atoms with Gasteiger partial charge in [-0.3, -0.25) is 0 Å². The van der Waals surface area contributed by atoms with Crippen molar-refractivity contribution in [2.75, 3.05) is 0 Å². The van der Waals surface area contributed by atoms with Crippen LogP contribution in [0.25, 0.3) is 0 Å². The molecule has 0 saturated carbocycles. The molecule has 5 heteroatoms. The summed E-state index contributed by atoms with van der Waals surface area (Å²) in [7, 11) is 0. The average Bonchev–Trinajstić information content (AvgIpc) is 2.39. The molecule has 0 aliphatic rings. The van der Waals surface area contributed by atoms with Gasteiger partial charge in [-0.1, -0.05) is 65.5 Å². The molecule has 0 aliphatic heterocycles. The Balaban J connectivity index is 2.14. The van der Waals surface area contributed by atoms with Gasteiger partial charge in [-0.15, -0.1) is 0 Å². The number of hydrogen-bond donors (Lipinski definition) is 0. The first-order valence-corrected chi connectivity index (χ1v) is 8.60. The van der Waals surface area contributed by atoms with E-state index in [4.69, 9.17) is 16.3 Å². The summed E-state index contributed by atoms with van der Waals surface area (Å²) in [6.07, 6.45) is 0. The summed E-state index contributed by atoms with van der Waals surface area (Å²) < 4.78 is 7.84. The number of halogens is 4. The Morgan fingerprint density at radius 2 is 1.63 bits per heavy atom. The lowest BCUT2D eigenvalue weighted by atomic mass is 10.2. The van der Waals surface area contributed by atoms with Crippen LogP contribution in [0.5, 0.6) is 5.75 Å². The lowest BCUT2D eigenvalue weighted by Crippen LogP contribution is -1.98. The minimum Gasteiger partial charge on any atom is -0.489 e. The van der Waals surface area contributed by atoms with Crippen LogP contribution < -0.4 is 4.74 Å². The molecule has 0 heterocycles. The van der Waals surface area contributed by atoms with Crippen molar-refractivity contribution < 1.29 is 4.74 Å². The number of alkyl halides is 1. The summed E-state index contributed by atoms with van der Waals surface area (Å²) in [5.74, 6) is 0.860. The van der Waals surface area contributed by atoms with E-state index in [-0.39, 0.29) is 0 Å². The third-order valence-electron chi connectivity index (χ3n) is 2.56. The van der Waals surface area contributed by atoms with Crippen LogP contribution in [0.15, 0.2) is 45.3 Å². The molecule has 2 aromatic carbocycles. The lowest BCUT2D eigenvalue weighted by Gasteiger charge is -2.11. The number of rotatable bonds is 4. The monoisotopic (exact) mass is 466 g/mol. The average molecular weight is 469 g/mol. The van der Waals surface area contributed by atoms with Gasteiger partial charge in [0.15, 0.2) is 0 Å². The van der Waals surface area contributed by atoms with Crippen LogP contribution in [0, 0.1) is 0 Å². The van der Waals surface area contributed by atoms with Crippen LogP contribution in [-0.4, -0.2) is 0 Å². The Hall–Kier alpha value is -0.0300. The predicted octanol–water partition coefficient (Wildman–Crippen LogP) is 6.34. The zero-order valence-electron chi connectivity index (χ0n) is 9.80. The molecule has 0 aromatic heterocycles. The molecule has 0 N–H and O–H groups in total. The van der Waals surface area contributed by atoms with Crippen molar-refractivity contribution in [2.24, 2.45) is 0 Å². The van der Waals surface area contributed by atoms with E-state index in [1.165, 1.54) is 0 Å². The highest BCUT2D eigenvalue weighted by Gasteiger charge is 2.06. The first-order valence-electron chi connectivity index (χ1n) is 5.51. The summed E-state index contributed by atoms with van der Waals surface area (Å²) >= 11 is 16.5. The van der Waals surface area contributed by atoms with Gasteiger partial charge < -0.3 is 4.74 Å². The molecular weight excluding hydrogens is 459 g/mol. The second kappa shape index (κ2) is 7.11. The van der Waals surface area contributed by atoms with Crippen LogP contribution >= 0.6 is 59.4 Å². The molecule has 0 saturated heterocycles. The molecule has 0 spiro atoms. The maximum atomic E-state index is 6.17. The molecule has 19 heavy (non-hydrogen) atoms. The summed E-state index contributed by atoms with van der Waals surface area (Å²) in [4.78, 5) is 0. The summed E-state index contributed by atoms with van der Waals surface area (Å²) in [5, 5.41) is 1.45. The first kappa shape index (κ1) is 15.4. The number of ether oxygens (including phenoxy) is 1. The second-order valence-corrected chi connectivity index (χ2v) is 6.71. The van der Waals surface area contributed by atoms with E-state index in [1.54, 1.807) is 0 Å². The molecule has 0 aliphatic carbocycles. The Morgan fingerprint density at radius 3 is 2.32 bits per heavy atom. The fraction of sp³-hybridized carbons (Fsp3) is 0.143. The number of hydrogen-bond acceptors (Lipinski definition) is 1. The van der Waals surface area contributed by atoms with Gasteiger partial charge in [-0.05, 0) is 30.3 Å². The van der Waals surface area contributed by atoms with Crippen LogP contribution in [0.4, 0.5) is 0 Å². The Kier molecular flexibility index (Phi) is 5.75. The zero-order valence-corrected chi connectivity index (χ0v) is 15.3. The van der Waals surface area contributed by atoms with E-state index >= 15 is 0 Å². The van der Waals surface area contributed by atoms with Gasteiger partial charge in [-0.25, -0.2) is 0 Å². The van der Waals surface area contributed by atoms with Crippen molar-refractivity contribution in [1.82, 2.24) is 0 Å². The van der Waals surface area contributed by atoms with Gasteiger partial charge >= 0.3 is 0 Å². The maximum Gasteiger partial charge on any atom is 0.123 e. The molecular formula is C14H10Br3ClO. The predicted molar refractivity (Wildman–Crippen MR) is 90.3 cm³/mol. The molecule has 2 rings (SSSR count). The highest BCUT2D eigenvalue weighted by molar-refractivity contribution is 9.10.